The van der Waals surface area contributed by atoms with E-state index in [1.54, 1.807) is 42.6 Å². The van der Waals surface area contributed by atoms with Crippen molar-refractivity contribution in [3.8, 4) is 28.5 Å². The highest BCUT2D eigenvalue weighted by Gasteiger charge is 2.30. The van der Waals surface area contributed by atoms with Crippen LogP contribution in [0.3, 0.4) is 0 Å². The fourth-order valence-electron chi connectivity index (χ4n) is 6.64. The molecule has 0 saturated carbocycles. The Morgan fingerprint density at radius 2 is 1.76 bits per heavy atom. The van der Waals surface area contributed by atoms with Crippen LogP contribution in [0, 0.1) is 5.92 Å². The number of H-pyrrole nitrogens is 1. The van der Waals surface area contributed by atoms with Gasteiger partial charge in [-0.25, -0.2) is 19.9 Å². The second kappa shape index (κ2) is 15.4. The smallest absolute Gasteiger partial charge is 0.253 e. The van der Waals surface area contributed by atoms with Gasteiger partial charge in [-0.3, -0.25) is 19.6 Å². The SMILES string of the molecule is CSC1=C(C(=O)Nc2ccc3[nH]nc(-c4ccc(OC(C)C)nc4)c3c2)CN(CC(=O)C2CCN(c3ccc(-c4ncccn4)cn3)CC2)CC1. The van der Waals surface area contributed by atoms with E-state index in [0.29, 0.717) is 36.1 Å². The summed E-state index contributed by atoms with van der Waals surface area (Å²) in [5, 5.41) is 11.6. The highest BCUT2D eigenvalue weighted by Crippen LogP contribution is 2.32. The van der Waals surface area contributed by atoms with E-state index in [0.717, 1.165) is 77.3 Å². The lowest BCUT2D eigenvalue weighted by molar-refractivity contribution is -0.125. The molecule has 13 heteroatoms. The molecular weight excluding hydrogens is 663 g/mol. The minimum Gasteiger partial charge on any atom is -0.475 e. The van der Waals surface area contributed by atoms with Gasteiger partial charge < -0.3 is 15.0 Å². The van der Waals surface area contributed by atoms with Gasteiger partial charge in [-0.05, 0) is 86.7 Å². The predicted octanol–water partition coefficient (Wildman–Crippen LogP) is 6.01. The molecule has 4 aromatic heterocycles. The first-order valence-electron chi connectivity index (χ1n) is 17.3. The first kappa shape index (κ1) is 34.3. The molecule has 1 aromatic carbocycles. The van der Waals surface area contributed by atoms with E-state index in [9.17, 15) is 9.59 Å². The van der Waals surface area contributed by atoms with Crippen molar-refractivity contribution >= 4 is 45.9 Å². The fraction of sp³-hybridized carbons (Fsp3) is 0.342. The van der Waals surface area contributed by atoms with Crippen LogP contribution in [0.2, 0.25) is 0 Å². The third-order valence-electron chi connectivity index (χ3n) is 9.31. The largest absolute Gasteiger partial charge is 0.475 e. The van der Waals surface area contributed by atoms with Gasteiger partial charge in [0.2, 0.25) is 5.88 Å². The van der Waals surface area contributed by atoms with Crippen molar-refractivity contribution in [3.63, 3.8) is 0 Å². The number of piperidine rings is 1. The monoisotopic (exact) mass is 703 g/mol. The van der Waals surface area contributed by atoms with Gasteiger partial charge in [0.25, 0.3) is 5.91 Å². The summed E-state index contributed by atoms with van der Waals surface area (Å²) in [6, 6.07) is 15.3. The van der Waals surface area contributed by atoms with Gasteiger partial charge in [0.05, 0.1) is 18.2 Å². The number of aromatic amines is 1. The average Bonchev–Trinajstić information content (AvgIpc) is 3.58. The van der Waals surface area contributed by atoms with E-state index >= 15 is 0 Å². The summed E-state index contributed by atoms with van der Waals surface area (Å²) in [6.45, 7) is 6.98. The van der Waals surface area contributed by atoms with Gasteiger partial charge >= 0.3 is 0 Å². The lowest BCUT2D eigenvalue weighted by atomic mass is 9.91. The van der Waals surface area contributed by atoms with Crippen LogP contribution < -0.4 is 15.0 Å². The summed E-state index contributed by atoms with van der Waals surface area (Å²) in [5.74, 6) is 2.19. The number of rotatable bonds is 11. The van der Waals surface area contributed by atoms with Crippen molar-refractivity contribution in [1.82, 2.24) is 35.0 Å². The van der Waals surface area contributed by atoms with Crippen LogP contribution in [0.15, 0.2) is 83.8 Å². The van der Waals surface area contributed by atoms with Gasteiger partial charge in [-0.2, -0.15) is 5.10 Å². The molecule has 6 heterocycles. The summed E-state index contributed by atoms with van der Waals surface area (Å²) in [7, 11) is 0. The van der Waals surface area contributed by atoms with Crippen LogP contribution in [0.5, 0.6) is 5.88 Å². The zero-order valence-corrected chi connectivity index (χ0v) is 29.8. The fourth-order valence-corrected chi connectivity index (χ4v) is 7.34. The number of ketones is 1. The Balaban J connectivity index is 0.954. The number of aromatic nitrogens is 6. The van der Waals surface area contributed by atoms with E-state index in [1.807, 2.05) is 62.6 Å². The van der Waals surface area contributed by atoms with Crippen molar-refractivity contribution in [1.29, 1.82) is 0 Å². The number of thioether (sulfide) groups is 1. The maximum atomic E-state index is 13.7. The first-order valence-corrected chi connectivity index (χ1v) is 18.5. The third-order valence-corrected chi connectivity index (χ3v) is 10.2. The van der Waals surface area contributed by atoms with E-state index in [-0.39, 0.29) is 23.7 Å². The number of ether oxygens (including phenoxy) is 1. The average molecular weight is 704 g/mol. The van der Waals surface area contributed by atoms with E-state index in [1.165, 1.54) is 0 Å². The highest BCUT2D eigenvalue weighted by atomic mass is 32.2. The molecule has 0 unspecified atom stereocenters. The van der Waals surface area contributed by atoms with Crippen LogP contribution in [-0.4, -0.2) is 91.8 Å². The van der Waals surface area contributed by atoms with Crippen molar-refractivity contribution in [2.75, 3.05) is 49.2 Å². The van der Waals surface area contributed by atoms with E-state index in [4.69, 9.17) is 4.74 Å². The Morgan fingerprint density at radius 3 is 2.47 bits per heavy atom. The number of benzene rings is 1. The Bertz CT molecular complexity index is 2020. The molecule has 12 nitrogen and oxygen atoms in total. The topological polar surface area (TPSA) is 142 Å². The predicted molar refractivity (Wildman–Crippen MR) is 201 cm³/mol. The number of nitrogens with zero attached hydrogens (tertiary/aromatic N) is 7. The standard InChI is InChI=1S/C38H41N9O3S/c1-24(2)50-35-10-6-26(20-42-35)36-29-19-28(7-8-31(29)44-45-36)43-38(49)30-22-46(16-13-33(30)51-3)23-32(48)25-11-17-47(18-12-25)34-9-5-27(21-41-34)37-39-14-4-15-40-37/h4-10,14-15,19-21,24-25H,11-13,16-18,22-23H2,1-3H3,(H,43,49)(H,44,45). The number of anilines is 2. The second-order valence-corrected chi connectivity index (χ2v) is 14.0. The number of hydrogen-bond donors (Lipinski definition) is 2. The maximum Gasteiger partial charge on any atom is 0.253 e. The van der Waals surface area contributed by atoms with Gasteiger partial charge in [-0.15, -0.1) is 11.8 Å². The summed E-state index contributed by atoms with van der Waals surface area (Å²) in [6.07, 6.45) is 11.3. The number of hydrogen-bond acceptors (Lipinski definition) is 11. The highest BCUT2D eigenvalue weighted by molar-refractivity contribution is 8.02. The van der Waals surface area contributed by atoms with Crippen molar-refractivity contribution in [2.45, 2.75) is 39.2 Å². The van der Waals surface area contributed by atoms with Gasteiger partial charge in [0.1, 0.15) is 17.3 Å². The Hall–Kier alpha value is -5.14. The number of pyridine rings is 2. The second-order valence-electron chi connectivity index (χ2n) is 13.1. The Morgan fingerprint density at radius 1 is 0.980 bits per heavy atom. The van der Waals surface area contributed by atoms with Crippen molar-refractivity contribution in [3.05, 3.63) is 83.8 Å². The maximum absolute atomic E-state index is 13.7. The van der Waals surface area contributed by atoms with E-state index in [2.05, 4.69) is 45.2 Å². The minimum absolute atomic E-state index is 0.00790. The number of Topliss-reactive ketones (excluding diaryl/α,β-unsaturated/α-hetero) is 1. The molecule has 2 aliphatic heterocycles. The van der Waals surface area contributed by atoms with Gasteiger partial charge in [-0.1, -0.05) is 0 Å². The molecule has 2 N–H and O–H groups in total. The van der Waals surface area contributed by atoms with Crippen molar-refractivity contribution in [2.24, 2.45) is 5.92 Å². The molecule has 1 amide bonds. The quantitative estimate of drug-likeness (QED) is 0.167. The molecule has 0 bridgehead atoms. The molecule has 2 aliphatic rings. The summed E-state index contributed by atoms with van der Waals surface area (Å²) < 4.78 is 5.68. The van der Waals surface area contributed by atoms with Crippen LogP contribution in [0.4, 0.5) is 11.5 Å². The lowest BCUT2D eigenvalue weighted by Crippen LogP contribution is -2.43. The third kappa shape index (κ3) is 7.94. The molecule has 1 saturated heterocycles. The molecule has 262 valence electrons. The number of fused-ring (bicyclic) bond motifs is 1. The number of carbonyl (C=O) groups excluding carboxylic acids is 2. The van der Waals surface area contributed by atoms with Gasteiger partial charge in [0, 0.05) is 90.7 Å². The zero-order valence-electron chi connectivity index (χ0n) is 29.0. The number of carbonyl (C=O) groups is 2. The summed E-state index contributed by atoms with van der Waals surface area (Å²) in [4.78, 5) is 50.3. The molecule has 7 rings (SSSR count). The Kier molecular flexibility index (Phi) is 10.4. The van der Waals surface area contributed by atoms with Crippen LogP contribution in [0.25, 0.3) is 33.5 Å². The number of amides is 1. The molecular formula is C38H41N9O3S. The molecule has 1 fully saturated rings. The molecule has 0 radical (unpaired) electrons. The van der Waals surface area contributed by atoms with Crippen LogP contribution in [0.1, 0.15) is 33.1 Å². The zero-order chi connectivity index (χ0) is 35.3. The van der Waals surface area contributed by atoms with Gasteiger partial charge in [0.15, 0.2) is 5.82 Å². The van der Waals surface area contributed by atoms with Crippen molar-refractivity contribution < 1.29 is 14.3 Å². The van der Waals surface area contributed by atoms with E-state index < -0.39 is 0 Å². The first-order chi connectivity index (χ1) is 24.8. The van der Waals surface area contributed by atoms with Crippen LogP contribution >= 0.6 is 11.8 Å². The summed E-state index contributed by atoms with van der Waals surface area (Å²) in [5.41, 5.74) is 4.71. The number of nitrogens with one attached hydrogen (secondary N) is 2. The Labute approximate surface area is 301 Å². The lowest BCUT2D eigenvalue weighted by Gasteiger charge is -2.34. The molecule has 0 atom stereocenters. The normalized spacial score (nSPS) is 15.8. The molecule has 0 aliphatic carbocycles. The van der Waals surface area contributed by atoms with Crippen LogP contribution in [-0.2, 0) is 9.59 Å². The molecule has 51 heavy (non-hydrogen) atoms. The molecule has 0 spiro atoms. The molecule has 5 aromatic rings. The minimum atomic E-state index is -0.150. The summed E-state index contributed by atoms with van der Waals surface area (Å²) >= 11 is 1.60.